The molecule has 0 spiro atoms. The fourth-order valence-electron chi connectivity index (χ4n) is 2.98. The summed E-state index contributed by atoms with van der Waals surface area (Å²) in [6.45, 7) is 4.22. The summed E-state index contributed by atoms with van der Waals surface area (Å²) in [7, 11) is 0. The van der Waals surface area contributed by atoms with Crippen LogP contribution in [0.1, 0.15) is 37.1 Å². The zero-order valence-electron chi connectivity index (χ0n) is 12.7. The van der Waals surface area contributed by atoms with Crippen molar-refractivity contribution in [1.82, 2.24) is 19.7 Å². The number of aryl methyl sites for hydroxylation is 1. The van der Waals surface area contributed by atoms with Crippen molar-refractivity contribution in [3.63, 3.8) is 0 Å². The van der Waals surface area contributed by atoms with E-state index in [9.17, 15) is 0 Å². The van der Waals surface area contributed by atoms with E-state index in [1.165, 1.54) is 12.8 Å². The Hall–Kier alpha value is -2.61. The van der Waals surface area contributed by atoms with E-state index < -0.39 is 0 Å². The van der Waals surface area contributed by atoms with Gasteiger partial charge in [0.15, 0.2) is 5.65 Å². The van der Waals surface area contributed by atoms with Crippen LogP contribution in [-0.2, 0) is 0 Å². The fraction of sp³-hybridized carbons (Fsp3) is 0.353. The van der Waals surface area contributed by atoms with Crippen LogP contribution in [0, 0.1) is 24.2 Å². The second-order valence-corrected chi connectivity index (χ2v) is 6.08. The van der Waals surface area contributed by atoms with Crippen molar-refractivity contribution in [3.05, 3.63) is 35.5 Å². The monoisotopic (exact) mass is 291 g/mol. The lowest BCUT2D eigenvalue weighted by Gasteiger charge is -2.10. The highest BCUT2D eigenvalue weighted by Crippen LogP contribution is 2.40. The first kappa shape index (κ1) is 13.1. The molecule has 0 radical (unpaired) electrons. The minimum absolute atomic E-state index is 0.387. The van der Waals surface area contributed by atoms with Crippen LogP contribution in [0.3, 0.4) is 0 Å². The molecule has 0 bridgehead atoms. The molecular weight excluding hydrogens is 274 g/mol. The maximum atomic E-state index is 9.04. The van der Waals surface area contributed by atoms with Crippen LogP contribution in [0.4, 0.5) is 0 Å². The van der Waals surface area contributed by atoms with Crippen molar-refractivity contribution in [2.75, 3.05) is 0 Å². The van der Waals surface area contributed by atoms with E-state index in [4.69, 9.17) is 10.2 Å². The Balaban J connectivity index is 1.83. The van der Waals surface area contributed by atoms with Gasteiger partial charge >= 0.3 is 0 Å². The molecule has 1 saturated carbocycles. The highest BCUT2D eigenvalue weighted by molar-refractivity contribution is 5.79. The van der Waals surface area contributed by atoms with Gasteiger partial charge in [0, 0.05) is 5.56 Å². The molecule has 1 unspecified atom stereocenters. The number of hydrogen-bond donors (Lipinski definition) is 1. The van der Waals surface area contributed by atoms with Gasteiger partial charge in [-0.25, -0.2) is 9.67 Å². The standard InChI is InChI=1S/C17H17N5/c1-10-15-17(22(21-10)11(2)13-6-7-13)20-16(19-15)14-5-3-4-12(8-14)9-18/h3-5,8,11,13H,6-7H2,1-2H3,(H,19,20). The van der Waals surface area contributed by atoms with Crippen LogP contribution in [-0.4, -0.2) is 19.7 Å². The Morgan fingerprint density at radius 1 is 1.41 bits per heavy atom. The molecule has 1 aliphatic rings. The summed E-state index contributed by atoms with van der Waals surface area (Å²) in [6, 6.07) is 10.1. The van der Waals surface area contributed by atoms with Gasteiger partial charge in [0.25, 0.3) is 0 Å². The van der Waals surface area contributed by atoms with Crippen molar-refractivity contribution >= 4 is 11.2 Å². The van der Waals surface area contributed by atoms with Gasteiger partial charge in [0.2, 0.25) is 0 Å². The van der Waals surface area contributed by atoms with Gasteiger partial charge in [0.1, 0.15) is 11.3 Å². The normalized spacial score (nSPS) is 15.9. The van der Waals surface area contributed by atoms with Gasteiger partial charge in [-0.3, -0.25) is 0 Å². The predicted octanol–water partition coefficient (Wildman–Crippen LogP) is 3.58. The summed E-state index contributed by atoms with van der Waals surface area (Å²) < 4.78 is 2.05. The van der Waals surface area contributed by atoms with E-state index in [0.29, 0.717) is 11.6 Å². The Bertz CT molecular complexity index is 892. The Morgan fingerprint density at radius 2 is 2.23 bits per heavy atom. The van der Waals surface area contributed by atoms with E-state index in [2.05, 4.69) is 27.8 Å². The van der Waals surface area contributed by atoms with E-state index in [-0.39, 0.29) is 0 Å². The number of aromatic nitrogens is 4. The van der Waals surface area contributed by atoms with Gasteiger partial charge in [-0.2, -0.15) is 10.4 Å². The largest absolute Gasteiger partial charge is 0.335 e. The lowest BCUT2D eigenvalue weighted by Crippen LogP contribution is -2.09. The SMILES string of the molecule is Cc1nn(C(C)C2CC2)c2nc(-c3cccc(C#N)c3)[nH]c12. The van der Waals surface area contributed by atoms with Crippen LogP contribution in [0.15, 0.2) is 24.3 Å². The number of aromatic amines is 1. The lowest BCUT2D eigenvalue weighted by molar-refractivity contribution is 0.449. The first-order valence-electron chi connectivity index (χ1n) is 7.62. The summed E-state index contributed by atoms with van der Waals surface area (Å²) in [5, 5.41) is 13.7. The minimum Gasteiger partial charge on any atom is -0.335 e. The van der Waals surface area contributed by atoms with E-state index in [0.717, 1.165) is 34.2 Å². The van der Waals surface area contributed by atoms with Gasteiger partial charge in [-0.05, 0) is 44.7 Å². The summed E-state index contributed by atoms with van der Waals surface area (Å²) in [6.07, 6.45) is 2.56. The second kappa shape index (κ2) is 4.70. The Morgan fingerprint density at radius 3 is 2.95 bits per heavy atom. The zero-order chi connectivity index (χ0) is 15.3. The second-order valence-electron chi connectivity index (χ2n) is 6.08. The van der Waals surface area contributed by atoms with Gasteiger partial charge in [-0.15, -0.1) is 0 Å². The summed E-state index contributed by atoms with van der Waals surface area (Å²) >= 11 is 0. The molecule has 110 valence electrons. The molecule has 1 aromatic carbocycles. The molecule has 1 aliphatic carbocycles. The molecule has 1 N–H and O–H groups in total. The first-order chi connectivity index (χ1) is 10.7. The number of H-pyrrole nitrogens is 1. The molecule has 1 fully saturated rings. The Labute approximate surface area is 128 Å². The smallest absolute Gasteiger partial charge is 0.177 e. The number of fused-ring (bicyclic) bond motifs is 1. The maximum Gasteiger partial charge on any atom is 0.177 e. The predicted molar refractivity (Wildman–Crippen MR) is 84.2 cm³/mol. The molecule has 5 heteroatoms. The van der Waals surface area contributed by atoms with Crippen molar-refractivity contribution < 1.29 is 0 Å². The molecule has 2 heterocycles. The van der Waals surface area contributed by atoms with E-state index in [1.54, 1.807) is 6.07 Å². The van der Waals surface area contributed by atoms with Crippen LogP contribution in [0.25, 0.3) is 22.6 Å². The minimum atomic E-state index is 0.387. The number of nitrogens with zero attached hydrogens (tertiary/aromatic N) is 4. The molecular formula is C17H17N5. The van der Waals surface area contributed by atoms with Gasteiger partial charge in [-0.1, -0.05) is 12.1 Å². The highest BCUT2D eigenvalue weighted by atomic mass is 15.3. The fourth-order valence-corrected chi connectivity index (χ4v) is 2.98. The number of nitrogens with one attached hydrogen (secondary N) is 1. The van der Waals surface area contributed by atoms with Gasteiger partial charge in [0.05, 0.1) is 23.4 Å². The topological polar surface area (TPSA) is 70.3 Å². The van der Waals surface area contributed by atoms with Crippen molar-refractivity contribution in [1.29, 1.82) is 5.26 Å². The van der Waals surface area contributed by atoms with E-state index in [1.807, 2.05) is 25.1 Å². The molecule has 0 aliphatic heterocycles. The molecule has 1 atom stereocenters. The maximum absolute atomic E-state index is 9.04. The Kier molecular flexibility index (Phi) is 2.80. The van der Waals surface area contributed by atoms with Crippen molar-refractivity contribution in [2.24, 2.45) is 5.92 Å². The quantitative estimate of drug-likeness (QED) is 0.801. The molecule has 3 aromatic rings. The van der Waals surface area contributed by atoms with Crippen LogP contribution >= 0.6 is 0 Å². The highest BCUT2D eigenvalue weighted by Gasteiger charge is 2.31. The average molecular weight is 291 g/mol. The third-order valence-corrected chi connectivity index (χ3v) is 4.48. The zero-order valence-corrected chi connectivity index (χ0v) is 12.7. The molecule has 0 saturated heterocycles. The summed E-state index contributed by atoms with van der Waals surface area (Å²) in [5.41, 5.74) is 4.44. The van der Waals surface area contributed by atoms with E-state index >= 15 is 0 Å². The number of rotatable bonds is 3. The molecule has 0 amide bonds. The number of hydrogen-bond acceptors (Lipinski definition) is 3. The van der Waals surface area contributed by atoms with Crippen LogP contribution in [0.2, 0.25) is 0 Å². The van der Waals surface area contributed by atoms with Crippen LogP contribution < -0.4 is 0 Å². The third kappa shape index (κ3) is 2.00. The third-order valence-electron chi connectivity index (χ3n) is 4.48. The lowest BCUT2D eigenvalue weighted by atomic mass is 10.1. The summed E-state index contributed by atoms with van der Waals surface area (Å²) in [4.78, 5) is 8.11. The first-order valence-corrected chi connectivity index (χ1v) is 7.62. The summed E-state index contributed by atoms with van der Waals surface area (Å²) in [5.74, 6) is 1.52. The molecule has 4 rings (SSSR count). The van der Waals surface area contributed by atoms with Crippen LogP contribution in [0.5, 0.6) is 0 Å². The van der Waals surface area contributed by atoms with Crippen molar-refractivity contribution in [2.45, 2.75) is 32.7 Å². The van der Waals surface area contributed by atoms with Crippen molar-refractivity contribution in [3.8, 4) is 17.5 Å². The van der Waals surface area contributed by atoms with Gasteiger partial charge < -0.3 is 4.98 Å². The number of imidazole rings is 1. The number of benzene rings is 1. The number of nitriles is 1. The average Bonchev–Trinajstić information content (AvgIpc) is 3.22. The molecule has 2 aromatic heterocycles. The molecule has 22 heavy (non-hydrogen) atoms. The molecule has 5 nitrogen and oxygen atoms in total.